The van der Waals surface area contributed by atoms with Crippen molar-refractivity contribution in [2.45, 2.75) is 20.8 Å². The van der Waals surface area contributed by atoms with Gasteiger partial charge in [0.1, 0.15) is 11.6 Å². The Hall–Kier alpha value is -3.41. The number of anilines is 2. The number of hydrogen-bond donors (Lipinski definition) is 0. The fraction of sp³-hybridized carbons (Fsp3) is 0.292. The lowest BCUT2D eigenvalue weighted by Gasteiger charge is -2.37. The summed E-state index contributed by atoms with van der Waals surface area (Å²) in [6.45, 7) is 10.0. The Morgan fingerprint density at radius 3 is 2.23 bits per heavy atom. The first-order valence-corrected chi connectivity index (χ1v) is 10.5. The molecule has 1 aromatic carbocycles. The van der Waals surface area contributed by atoms with Gasteiger partial charge in [-0.3, -0.25) is 0 Å². The molecule has 5 rings (SSSR count). The molecule has 1 fully saturated rings. The van der Waals surface area contributed by atoms with Gasteiger partial charge in [0, 0.05) is 48.7 Å². The first kappa shape index (κ1) is 18.6. The number of aryl methyl sites for hydroxylation is 2. The summed E-state index contributed by atoms with van der Waals surface area (Å²) >= 11 is 0. The zero-order chi connectivity index (χ0) is 20.7. The van der Waals surface area contributed by atoms with Crippen LogP contribution in [0.25, 0.3) is 16.8 Å². The largest absolute Gasteiger partial charge is 0.353 e. The second-order valence-electron chi connectivity index (χ2n) is 7.92. The predicted molar refractivity (Wildman–Crippen MR) is 121 cm³/mol. The molecule has 0 amide bonds. The minimum Gasteiger partial charge on any atom is -0.353 e. The van der Waals surface area contributed by atoms with E-state index in [0.717, 1.165) is 66.0 Å². The molecule has 0 saturated carbocycles. The van der Waals surface area contributed by atoms with E-state index in [2.05, 4.69) is 60.0 Å². The Bertz CT molecular complexity index is 1190. The summed E-state index contributed by atoms with van der Waals surface area (Å²) in [7, 11) is 0. The van der Waals surface area contributed by atoms with Crippen LogP contribution in [-0.2, 0) is 0 Å². The van der Waals surface area contributed by atoms with Crippen LogP contribution in [0, 0.1) is 20.8 Å². The molecule has 0 spiro atoms. The highest BCUT2D eigenvalue weighted by Gasteiger charge is 2.24. The van der Waals surface area contributed by atoms with Crippen molar-refractivity contribution in [3.8, 4) is 11.1 Å². The van der Waals surface area contributed by atoms with E-state index in [-0.39, 0.29) is 0 Å². The minimum absolute atomic E-state index is 0.919. The Morgan fingerprint density at radius 2 is 1.50 bits per heavy atom. The van der Waals surface area contributed by atoms with Gasteiger partial charge in [-0.25, -0.2) is 9.97 Å². The van der Waals surface area contributed by atoms with Crippen LogP contribution >= 0.6 is 0 Å². The van der Waals surface area contributed by atoms with Crippen molar-refractivity contribution in [2.24, 2.45) is 0 Å². The molecule has 6 heteroatoms. The maximum absolute atomic E-state index is 4.89. The molecule has 4 heterocycles. The minimum atomic E-state index is 0.919. The Labute approximate surface area is 176 Å². The molecule has 3 aromatic heterocycles. The molecule has 1 aliphatic heterocycles. The second kappa shape index (κ2) is 7.44. The van der Waals surface area contributed by atoms with Crippen LogP contribution in [0.4, 0.5) is 11.6 Å². The van der Waals surface area contributed by atoms with E-state index in [4.69, 9.17) is 15.1 Å². The van der Waals surface area contributed by atoms with Crippen molar-refractivity contribution in [1.29, 1.82) is 0 Å². The van der Waals surface area contributed by atoms with Crippen LogP contribution in [0.15, 0.2) is 54.7 Å². The van der Waals surface area contributed by atoms with Gasteiger partial charge in [-0.1, -0.05) is 36.4 Å². The molecule has 6 nitrogen and oxygen atoms in total. The first-order valence-electron chi connectivity index (χ1n) is 10.5. The van der Waals surface area contributed by atoms with E-state index in [1.165, 1.54) is 5.56 Å². The Kier molecular flexibility index (Phi) is 4.62. The summed E-state index contributed by atoms with van der Waals surface area (Å²) in [4.78, 5) is 14.4. The molecule has 0 atom stereocenters. The third-order valence-electron chi connectivity index (χ3n) is 5.96. The molecule has 0 radical (unpaired) electrons. The summed E-state index contributed by atoms with van der Waals surface area (Å²) in [5, 5.41) is 4.75. The number of benzene rings is 1. The number of rotatable bonds is 3. The van der Waals surface area contributed by atoms with Gasteiger partial charge in [-0.05, 0) is 38.5 Å². The van der Waals surface area contributed by atoms with Gasteiger partial charge in [0.25, 0.3) is 0 Å². The molecule has 4 aromatic rings. The Morgan fingerprint density at radius 1 is 0.767 bits per heavy atom. The van der Waals surface area contributed by atoms with E-state index in [0.29, 0.717) is 0 Å². The summed E-state index contributed by atoms with van der Waals surface area (Å²) in [5.74, 6) is 2.21. The fourth-order valence-electron chi connectivity index (χ4n) is 4.21. The van der Waals surface area contributed by atoms with Crippen LogP contribution in [-0.4, -0.2) is 45.8 Å². The standard InChI is InChI=1S/C24H26N6/c1-17-8-7-11-22(26-17)28-12-14-29(15-13-28)24-18(2)19(3)27-23-21(16-25-30(23)24)20-9-5-4-6-10-20/h4-11,16H,12-15H2,1-3H3. The van der Waals surface area contributed by atoms with E-state index in [1.54, 1.807) is 0 Å². The van der Waals surface area contributed by atoms with Gasteiger partial charge < -0.3 is 9.80 Å². The average Bonchev–Trinajstić information content (AvgIpc) is 3.18. The van der Waals surface area contributed by atoms with Crippen molar-refractivity contribution < 1.29 is 0 Å². The third kappa shape index (κ3) is 3.18. The predicted octanol–water partition coefficient (Wildman–Crippen LogP) is 4.04. The van der Waals surface area contributed by atoms with E-state index in [1.807, 2.05) is 29.8 Å². The average molecular weight is 399 g/mol. The quantitative estimate of drug-likeness (QED) is 0.521. The van der Waals surface area contributed by atoms with Crippen molar-refractivity contribution in [1.82, 2.24) is 19.6 Å². The summed E-state index contributed by atoms with van der Waals surface area (Å²) < 4.78 is 2.02. The van der Waals surface area contributed by atoms with Crippen molar-refractivity contribution >= 4 is 17.3 Å². The van der Waals surface area contributed by atoms with Crippen molar-refractivity contribution in [3.05, 3.63) is 71.7 Å². The molecule has 0 N–H and O–H groups in total. The number of piperazine rings is 1. The van der Waals surface area contributed by atoms with Gasteiger partial charge in [0.15, 0.2) is 5.65 Å². The highest BCUT2D eigenvalue weighted by atomic mass is 15.4. The molecule has 152 valence electrons. The van der Waals surface area contributed by atoms with Gasteiger partial charge in [0.05, 0.1) is 6.20 Å². The van der Waals surface area contributed by atoms with Crippen LogP contribution in [0.1, 0.15) is 17.0 Å². The molecular weight excluding hydrogens is 372 g/mol. The van der Waals surface area contributed by atoms with Crippen molar-refractivity contribution in [3.63, 3.8) is 0 Å². The SMILES string of the molecule is Cc1cccc(N2CCN(c3c(C)c(C)nc4c(-c5ccccc5)cnn34)CC2)n1. The van der Waals surface area contributed by atoms with Crippen LogP contribution < -0.4 is 9.80 Å². The van der Waals surface area contributed by atoms with Gasteiger partial charge in [-0.2, -0.15) is 9.61 Å². The molecule has 0 bridgehead atoms. The molecular formula is C24H26N6. The number of nitrogens with zero attached hydrogens (tertiary/aromatic N) is 6. The van der Waals surface area contributed by atoms with Crippen LogP contribution in [0.5, 0.6) is 0 Å². The monoisotopic (exact) mass is 398 g/mol. The summed E-state index contributed by atoms with van der Waals surface area (Å²) in [5.41, 5.74) is 6.43. The molecule has 0 unspecified atom stereocenters. The highest BCUT2D eigenvalue weighted by molar-refractivity contribution is 5.78. The topological polar surface area (TPSA) is 49.6 Å². The lowest BCUT2D eigenvalue weighted by Crippen LogP contribution is -2.47. The van der Waals surface area contributed by atoms with E-state index >= 15 is 0 Å². The Balaban J connectivity index is 1.49. The number of aromatic nitrogens is 4. The lowest BCUT2D eigenvalue weighted by molar-refractivity contribution is 0.630. The zero-order valence-electron chi connectivity index (χ0n) is 17.7. The van der Waals surface area contributed by atoms with E-state index in [9.17, 15) is 0 Å². The molecule has 1 aliphatic rings. The molecule has 30 heavy (non-hydrogen) atoms. The number of fused-ring (bicyclic) bond motifs is 1. The molecule has 1 saturated heterocycles. The zero-order valence-corrected chi connectivity index (χ0v) is 17.7. The normalized spacial score (nSPS) is 14.5. The summed E-state index contributed by atoms with van der Waals surface area (Å²) in [6, 6.07) is 16.6. The number of pyridine rings is 1. The van der Waals surface area contributed by atoms with Crippen LogP contribution in [0.3, 0.4) is 0 Å². The smallest absolute Gasteiger partial charge is 0.165 e. The summed E-state index contributed by atoms with van der Waals surface area (Å²) in [6.07, 6.45) is 1.94. The maximum Gasteiger partial charge on any atom is 0.165 e. The van der Waals surface area contributed by atoms with E-state index < -0.39 is 0 Å². The van der Waals surface area contributed by atoms with Gasteiger partial charge >= 0.3 is 0 Å². The maximum atomic E-state index is 4.89. The van der Waals surface area contributed by atoms with Crippen LogP contribution in [0.2, 0.25) is 0 Å². The fourth-order valence-corrected chi connectivity index (χ4v) is 4.21. The lowest BCUT2D eigenvalue weighted by atomic mass is 10.1. The third-order valence-corrected chi connectivity index (χ3v) is 5.96. The highest BCUT2D eigenvalue weighted by Crippen LogP contribution is 2.30. The number of hydrogen-bond acceptors (Lipinski definition) is 5. The van der Waals surface area contributed by atoms with Crippen molar-refractivity contribution in [2.75, 3.05) is 36.0 Å². The first-order chi connectivity index (χ1) is 14.6. The van der Waals surface area contributed by atoms with Gasteiger partial charge in [-0.15, -0.1) is 0 Å². The molecule has 0 aliphatic carbocycles. The van der Waals surface area contributed by atoms with Gasteiger partial charge in [0.2, 0.25) is 0 Å². The second-order valence-corrected chi connectivity index (χ2v) is 7.92.